The van der Waals surface area contributed by atoms with E-state index in [0.29, 0.717) is 17.5 Å². The third kappa shape index (κ3) is 4.60. The van der Waals surface area contributed by atoms with Crippen molar-refractivity contribution >= 4 is 11.8 Å². The van der Waals surface area contributed by atoms with Gasteiger partial charge in [0.25, 0.3) is 0 Å². The van der Waals surface area contributed by atoms with Gasteiger partial charge in [-0.3, -0.25) is 0 Å². The van der Waals surface area contributed by atoms with Crippen LogP contribution in [0.3, 0.4) is 0 Å². The van der Waals surface area contributed by atoms with Gasteiger partial charge in [0, 0.05) is 5.56 Å². The van der Waals surface area contributed by atoms with Gasteiger partial charge in [-0.25, -0.2) is 9.18 Å². The summed E-state index contributed by atoms with van der Waals surface area (Å²) in [6.45, 7) is 6.18. The van der Waals surface area contributed by atoms with Gasteiger partial charge < -0.3 is 5.11 Å². The molecular weight excluding hydrogens is 327 g/mol. The minimum Gasteiger partial charge on any atom is -0.478 e. The Labute approximate surface area is 155 Å². The lowest BCUT2D eigenvalue weighted by Crippen LogP contribution is -2.07. The molecule has 0 aliphatic carbocycles. The van der Waals surface area contributed by atoms with Crippen LogP contribution >= 0.6 is 0 Å². The summed E-state index contributed by atoms with van der Waals surface area (Å²) in [6.07, 6.45) is 5.14. The topological polar surface area (TPSA) is 37.3 Å². The number of rotatable bonds is 8. The molecule has 0 fully saturated rings. The molecule has 0 amide bonds. The van der Waals surface area contributed by atoms with Crippen molar-refractivity contribution in [1.29, 1.82) is 0 Å². The smallest absolute Gasteiger partial charge is 0.335 e. The van der Waals surface area contributed by atoms with E-state index >= 15 is 0 Å². The van der Waals surface area contributed by atoms with E-state index in [4.69, 9.17) is 0 Å². The largest absolute Gasteiger partial charge is 0.478 e. The number of unbranched alkanes of at least 4 members (excludes halogenated alkanes) is 1. The van der Waals surface area contributed by atoms with Gasteiger partial charge in [-0.2, -0.15) is 0 Å². The van der Waals surface area contributed by atoms with Crippen LogP contribution in [0.4, 0.5) is 4.39 Å². The lowest BCUT2D eigenvalue weighted by molar-refractivity contribution is 0.0695. The Morgan fingerprint density at radius 3 is 2.38 bits per heavy atom. The fourth-order valence-corrected chi connectivity index (χ4v) is 3.31. The van der Waals surface area contributed by atoms with Gasteiger partial charge in [-0.05, 0) is 47.6 Å². The van der Waals surface area contributed by atoms with Crippen molar-refractivity contribution in [1.82, 2.24) is 0 Å². The number of allylic oxidation sites excluding steroid dienone is 1. The van der Waals surface area contributed by atoms with Gasteiger partial charge in [-0.1, -0.05) is 70.0 Å². The average molecular weight is 354 g/mol. The molecule has 0 spiro atoms. The summed E-state index contributed by atoms with van der Waals surface area (Å²) in [5, 5.41) is 9.60. The van der Waals surface area contributed by atoms with Crippen LogP contribution in [0.1, 0.15) is 73.9 Å². The van der Waals surface area contributed by atoms with Crippen LogP contribution < -0.4 is 0 Å². The van der Waals surface area contributed by atoms with Gasteiger partial charge in [0.1, 0.15) is 5.83 Å². The molecule has 1 unspecified atom stereocenters. The van der Waals surface area contributed by atoms with Crippen molar-refractivity contribution in [2.24, 2.45) is 0 Å². The number of hydrogen-bond acceptors (Lipinski definition) is 1. The number of halogens is 1. The molecule has 0 saturated carbocycles. The molecule has 2 aromatic carbocycles. The Morgan fingerprint density at radius 2 is 1.81 bits per heavy atom. The summed E-state index contributed by atoms with van der Waals surface area (Å²) in [4.78, 5) is 11.7. The van der Waals surface area contributed by atoms with E-state index in [-0.39, 0.29) is 11.7 Å². The van der Waals surface area contributed by atoms with E-state index in [9.17, 15) is 14.3 Å². The van der Waals surface area contributed by atoms with Gasteiger partial charge in [-0.15, -0.1) is 0 Å². The molecule has 0 aliphatic rings. The molecule has 0 bridgehead atoms. The molecule has 0 saturated heterocycles. The van der Waals surface area contributed by atoms with Crippen molar-refractivity contribution in [3.8, 4) is 11.1 Å². The van der Waals surface area contributed by atoms with Crippen LogP contribution in [0.25, 0.3) is 17.0 Å². The van der Waals surface area contributed by atoms with Crippen LogP contribution in [0.15, 0.2) is 48.5 Å². The first kappa shape index (κ1) is 19.9. The number of aromatic carboxylic acids is 1. The fourth-order valence-electron chi connectivity index (χ4n) is 3.31. The van der Waals surface area contributed by atoms with Crippen molar-refractivity contribution < 1.29 is 14.3 Å². The molecule has 138 valence electrons. The van der Waals surface area contributed by atoms with Crippen molar-refractivity contribution in [2.45, 2.75) is 52.4 Å². The fraction of sp³-hybridized carbons (Fsp3) is 0.348. The Morgan fingerprint density at radius 1 is 1.12 bits per heavy atom. The second-order valence-electron chi connectivity index (χ2n) is 6.68. The maximum Gasteiger partial charge on any atom is 0.335 e. The molecule has 2 nitrogen and oxygen atoms in total. The van der Waals surface area contributed by atoms with Gasteiger partial charge in [0.15, 0.2) is 0 Å². The molecule has 0 radical (unpaired) electrons. The standard InChI is InChI=1S/C23H27FO2/c1-4-6-11-21(24)18-14-12-17(13-15-18)19-9-7-10-20(23(25)26)22(19)16(3)8-5-2/h7,9-16H,4-6,8H2,1-3H3,(H,25,26). The second-order valence-corrected chi connectivity index (χ2v) is 6.68. The molecular formula is C23H27FO2. The Hall–Kier alpha value is -2.42. The maximum absolute atomic E-state index is 14.1. The molecule has 2 rings (SSSR count). The highest BCUT2D eigenvalue weighted by Gasteiger charge is 2.19. The Balaban J connectivity index is 2.48. The number of carboxylic acids is 1. The highest BCUT2D eigenvalue weighted by atomic mass is 19.1. The highest BCUT2D eigenvalue weighted by molar-refractivity contribution is 5.92. The number of hydrogen-bond donors (Lipinski definition) is 1. The lowest BCUT2D eigenvalue weighted by Gasteiger charge is -2.19. The van der Waals surface area contributed by atoms with Crippen LogP contribution in [-0.2, 0) is 0 Å². The van der Waals surface area contributed by atoms with E-state index < -0.39 is 5.97 Å². The third-order valence-electron chi connectivity index (χ3n) is 4.63. The third-order valence-corrected chi connectivity index (χ3v) is 4.63. The quantitative estimate of drug-likeness (QED) is 0.550. The van der Waals surface area contributed by atoms with Crippen LogP contribution in [0.2, 0.25) is 0 Å². The molecule has 1 atom stereocenters. The van der Waals surface area contributed by atoms with Gasteiger partial charge in [0.2, 0.25) is 0 Å². The van der Waals surface area contributed by atoms with E-state index in [0.717, 1.165) is 36.0 Å². The first-order valence-corrected chi connectivity index (χ1v) is 9.32. The van der Waals surface area contributed by atoms with Crippen LogP contribution in [-0.4, -0.2) is 11.1 Å². The minimum atomic E-state index is -0.907. The summed E-state index contributed by atoms with van der Waals surface area (Å²) in [7, 11) is 0. The molecule has 2 aromatic rings. The highest BCUT2D eigenvalue weighted by Crippen LogP contribution is 2.35. The average Bonchev–Trinajstić information content (AvgIpc) is 2.65. The first-order valence-electron chi connectivity index (χ1n) is 9.32. The van der Waals surface area contributed by atoms with E-state index in [1.165, 1.54) is 0 Å². The summed E-state index contributed by atoms with van der Waals surface area (Å²) in [6, 6.07) is 12.7. The molecule has 0 aliphatic heterocycles. The number of carbonyl (C=O) groups is 1. The molecule has 1 N–H and O–H groups in total. The molecule has 3 heteroatoms. The summed E-state index contributed by atoms with van der Waals surface area (Å²) >= 11 is 0. The molecule has 0 heterocycles. The maximum atomic E-state index is 14.1. The number of carboxylic acid groups (broad SMARTS) is 1. The minimum absolute atomic E-state index is 0.142. The Bertz CT molecular complexity index is 775. The van der Waals surface area contributed by atoms with Gasteiger partial charge in [0.05, 0.1) is 5.56 Å². The van der Waals surface area contributed by atoms with Crippen molar-refractivity contribution in [2.75, 3.05) is 0 Å². The summed E-state index contributed by atoms with van der Waals surface area (Å²) in [5.74, 6) is -0.976. The SMILES string of the molecule is CCCC=C(F)c1ccc(-c2cccc(C(=O)O)c2C(C)CCC)cc1. The van der Waals surface area contributed by atoms with E-state index in [1.54, 1.807) is 30.3 Å². The molecule has 0 aromatic heterocycles. The van der Waals surface area contributed by atoms with Crippen molar-refractivity contribution in [3.05, 3.63) is 65.2 Å². The summed E-state index contributed by atoms with van der Waals surface area (Å²) in [5.41, 5.74) is 3.59. The molecule has 26 heavy (non-hydrogen) atoms. The first-order chi connectivity index (χ1) is 12.5. The monoisotopic (exact) mass is 354 g/mol. The Kier molecular flexibility index (Phi) is 7.14. The van der Waals surface area contributed by atoms with Crippen LogP contribution in [0, 0.1) is 0 Å². The predicted octanol–water partition coefficient (Wildman–Crippen LogP) is 7.07. The number of benzene rings is 2. The van der Waals surface area contributed by atoms with Gasteiger partial charge >= 0.3 is 5.97 Å². The normalized spacial score (nSPS) is 12.8. The van der Waals surface area contributed by atoms with Crippen molar-refractivity contribution in [3.63, 3.8) is 0 Å². The van der Waals surface area contributed by atoms with Crippen LogP contribution in [0.5, 0.6) is 0 Å². The second kappa shape index (κ2) is 9.33. The zero-order chi connectivity index (χ0) is 19.1. The zero-order valence-electron chi connectivity index (χ0n) is 15.8. The summed E-state index contributed by atoms with van der Waals surface area (Å²) < 4.78 is 14.1. The van der Waals surface area contributed by atoms with E-state index in [2.05, 4.69) is 13.8 Å². The lowest BCUT2D eigenvalue weighted by atomic mass is 9.85. The zero-order valence-corrected chi connectivity index (χ0v) is 15.8. The van der Waals surface area contributed by atoms with E-state index in [1.807, 2.05) is 25.1 Å². The predicted molar refractivity (Wildman–Crippen MR) is 106 cm³/mol.